The summed E-state index contributed by atoms with van der Waals surface area (Å²) in [4.78, 5) is 15.7. The molecule has 0 radical (unpaired) electrons. The number of aromatic nitrogens is 1. The zero-order valence-electron chi connectivity index (χ0n) is 8.45. The van der Waals surface area contributed by atoms with Crippen molar-refractivity contribution < 1.29 is 18.0 Å². The highest BCUT2D eigenvalue weighted by Crippen LogP contribution is 2.16. The zero-order valence-corrected chi connectivity index (χ0v) is 8.45. The van der Waals surface area contributed by atoms with E-state index < -0.39 is 18.6 Å². The molecule has 1 aromatic rings. The molecule has 0 saturated heterocycles. The lowest BCUT2D eigenvalue weighted by Gasteiger charge is -2.18. The number of amides is 1. The molecule has 0 fully saturated rings. The molecular weight excluding hydrogens is 223 g/mol. The summed E-state index contributed by atoms with van der Waals surface area (Å²) in [7, 11) is 1.08. The lowest BCUT2D eigenvalue weighted by atomic mass is 10.2. The molecule has 1 heterocycles. The first-order valence-corrected chi connectivity index (χ1v) is 4.33. The summed E-state index contributed by atoms with van der Waals surface area (Å²) in [5, 5.41) is 0. The number of halogens is 3. The number of hydrogen-bond donors (Lipinski definition) is 1. The molecule has 0 aliphatic rings. The number of pyridine rings is 1. The first kappa shape index (κ1) is 12.3. The summed E-state index contributed by atoms with van der Waals surface area (Å²) in [5.41, 5.74) is 5.36. The van der Waals surface area contributed by atoms with Gasteiger partial charge in [0.2, 0.25) is 0 Å². The van der Waals surface area contributed by atoms with Crippen LogP contribution in [0.2, 0.25) is 0 Å². The second-order valence-electron chi connectivity index (χ2n) is 3.25. The van der Waals surface area contributed by atoms with Crippen LogP contribution < -0.4 is 5.73 Å². The van der Waals surface area contributed by atoms with Crippen molar-refractivity contribution in [3.63, 3.8) is 0 Å². The summed E-state index contributed by atoms with van der Waals surface area (Å²) >= 11 is 0. The number of nitrogens with two attached hydrogens (primary N) is 1. The van der Waals surface area contributed by atoms with E-state index in [0.29, 0.717) is 4.90 Å². The van der Waals surface area contributed by atoms with Crippen LogP contribution in [0.25, 0.3) is 0 Å². The fourth-order valence-electron chi connectivity index (χ4n) is 1.09. The standard InChI is InChI=1S/C9H10F3N3O/c1-15(5-9(10,11)12)8(16)6-2-3-7(13)14-4-6/h2-4H,5H2,1H3,(H2,13,14). The largest absolute Gasteiger partial charge is 0.406 e. The Morgan fingerprint density at radius 3 is 2.56 bits per heavy atom. The van der Waals surface area contributed by atoms with E-state index >= 15 is 0 Å². The minimum absolute atomic E-state index is 0.0703. The van der Waals surface area contributed by atoms with Crippen molar-refractivity contribution in [2.75, 3.05) is 19.3 Å². The minimum Gasteiger partial charge on any atom is -0.384 e. The number of carbonyl (C=O) groups excluding carboxylic acids is 1. The molecule has 2 N–H and O–H groups in total. The van der Waals surface area contributed by atoms with Crippen molar-refractivity contribution in [3.05, 3.63) is 23.9 Å². The Balaban J connectivity index is 2.74. The quantitative estimate of drug-likeness (QED) is 0.837. The van der Waals surface area contributed by atoms with Gasteiger partial charge in [0.25, 0.3) is 5.91 Å². The normalized spacial score (nSPS) is 11.2. The van der Waals surface area contributed by atoms with Crippen LogP contribution in [0.5, 0.6) is 0 Å². The molecule has 4 nitrogen and oxygen atoms in total. The fraction of sp³-hybridized carbons (Fsp3) is 0.333. The van der Waals surface area contributed by atoms with E-state index in [1.54, 1.807) is 0 Å². The molecule has 0 aliphatic carbocycles. The number of rotatable bonds is 2. The Kier molecular flexibility index (Phi) is 3.36. The van der Waals surface area contributed by atoms with Crippen molar-refractivity contribution >= 4 is 11.7 Å². The number of hydrogen-bond acceptors (Lipinski definition) is 3. The third kappa shape index (κ3) is 3.41. The number of alkyl halides is 3. The third-order valence-electron chi connectivity index (χ3n) is 1.80. The molecule has 1 rings (SSSR count). The van der Waals surface area contributed by atoms with E-state index in [1.807, 2.05) is 0 Å². The predicted octanol–water partition coefficient (Wildman–Crippen LogP) is 1.30. The van der Waals surface area contributed by atoms with Gasteiger partial charge in [0, 0.05) is 13.2 Å². The molecule has 7 heteroatoms. The Labute approximate surface area is 89.9 Å². The average Bonchev–Trinajstić information content (AvgIpc) is 2.15. The molecule has 0 unspecified atom stereocenters. The van der Waals surface area contributed by atoms with Crippen LogP contribution in [0.4, 0.5) is 19.0 Å². The molecule has 0 aliphatic heterocycles. The smallest absolute Gasteiger partial charge is 0.384 e. The van der Waals surface area contributed by atoms with Crippen molar-refractivity contribution in [2.45, 2.75) is 6.18 Å². The maximum Gasteiger partial charge on any atom is 0.406 e. The molecule has 0 atom stereocenters. The van der Waals surface area contributed by atoms with Gasteiger partial charge in [0.15, 0.2) is 0 Å². The van der Waals surface area contributed by atoms with Crippen molar-refractivity contribution in [2.24, 2.45) is 0 Å². The summed E-state index contributed by atoms with van der Waals surface area (Å²) in [6.07, 6.45) is -3.27. The van der Waals surface area contributed by atoms with Gasteiger partial charge >= 0.3 is 6.18 Å². The molecule has 0 saturated carbocycles. The Bertz CT molecular complexity index is 375. The fourth-order valence-corrected chi connectivity index (χ4v) is 1.09. The van der Waals surface area contributed by atoms with E-state index in [4.69, 9.17) is 5.73 Å². The highest BCUT2D eigenvalue weighted by molar-refractivity contribution is 5.93. The van der Waals surface area contributed by atoms with E-state index in [9.17, 15) is 18.0 Å². The van der Waals surface area contributed by atoms with Crippen LogP contribution in [-0.4, -0.2) is 35.6 Å². The molecule has 1 aromatic heterocycles. The maximum atomic E-state index is 12.0. The number of nitrogen functional groups attached to an aromatic ring is 1. The molecular formula is C9H10F3N3O. The van der Waals surface area contributed by atoms with Gasteiger partial charge in [-0.2, -0.15) is 13.2 Å². The number of nitrogens with zero attached hydrogens (tertiary/aromatic N) is 2. The van der Waals surface area contributed by atoms with Gasteiger partial charge in [0.05, 0.1) is 5.56 Å². The van der Waals surface area contributed by atoms with Crippen LogP contribution in [-0.2, 0) is 0 Å². The van der Waals surface area contributed by atoms with Crippen molar-refractivity contribution in [3.8, 4) is 0 Å². The average molecular weight is 233 g/mol. The van der Waals surface area contributed by atoms with Crippen molar-refractivity contribution in [1.82, 2.24) is 9.88 Å². The van der Waals surface area contributed by atoms with Crippen LogP contribution in [0, 0.1) is 0 Å². The van der Waals surface area contributed by atoms with Gasteiger partial charge in [-0.05, 0) is 12.1 Å². The van der Waals surface area contributed by atoms with Gasteiger partial charge in [0.1, 0.15) is 12.4 Å². The first-order valence-electron chi connectivity index (χ1n) is 4.33. The molecule has 0 aromatic carbocycles. The lowest BCUT2D eigenvalue weighted by Crippen LogP contribution is -2.35. The first-order chi connectivity index (χ1) is 7.29. The van der Waals surface area contributed by atoms with Gasteiger partial charge in [-0.25, -0.2) is 4.98 Å². The summed E-state index contributed by atoms with van der Waals surface area (Å²) in [5.74, 6) is -0.542. The van der Waals surface area contributed by atoms with Crippen LogP contribution >= 0.6 is 0 Å². The third-order valence-corrected chi connectivity index (χ3v) is 1.80. The van der Waals surface area contributed by atoms with Crippen LogP contribution in [0.15, 0.2) is 18.3 Å². The Morgan fingerprint density at radius 2 is 2.12 bits per heavy atom. The van der Waals surface area contributed by atoms with Gasteiger partial charge < -0.3 is 10.6 Å². The monoisotopic (exact) mass is 233 g/mol. The van der Waals surface area contributed by atoms with Gasteiger partial charge in [-0.3, -0.25) is 4.79 Å². The van der Waals surface area contributed by atoms with Crippen molar-refractivity contribution in [1.29, 1.82) is 0 Å². The minimum atomic E-state index is -4.41. The van der Waals surface area contributed by atoms with Gasteiger partial charge in [-0.15, -0.1) is 0 Å². The summed E-state index contributed by atoms with van der Waals surface area (Å²) in [6.45, 7) is -1.30. The van der Waals surface area contributed by atoms with Gasteiger partial charge in [-0.1, -0.05) is 0 Å². The number of anilines is 1. The lowest BCUT2D eigenvalue weighted by molar-refractivity contribution is -0.138. The van der Waals surface area contributed by atoms with E-state index in [2.05, 4.69) is 4.98 Å². The second-order valence-corrected chi connectivity index (χ2v) is 3.25. The highest BCUT2D eigenvalue weighted by Gasteiger charge is 2.31. The molecule has 0 bridgehead atoms. The number of carbonyl (C=O) groups is 1. The summed E-state index contributed by atoms with van der Waals surface area (Å²) in [6, 6.07) is 2.69. The summed E-state index contributed by atoms with van der Waals surface area (Å²) < 4.78 is 36.1. The Hall–Kier alpha value is -1.79. The van der Waals surface area contributed by atoms with E-state index in [0.717, 1.165) is 13.2 Å². The van der Waals surface area contributed by atoms with E-state index in [1.165, 1.54) is 12.1 Å². The Morgan fingerprint density at radius 1 is 1.50 bits per heavy atom. The van der Waals surface area contributed by atoms with E-state index in [-0.39, 0.29) is 11.4 Å². The SMILES string of the molecule is CN(CC(F)(F)F)C(=O)c1ccc(N)nc1. The topological polar surface area (TPSA) is 59.2 Å². The molecule has 16 heavy (non-hydrogen) atoms. The predicted molar refractivity (Wildman–Crippen MR) is 51.7 cm³/mol. The maximum absolute atomic E-state index is 12.0. The molecule has 88 valence electrons. The van der Waals surface area contributed by atoms with Crippen LogP contribution in [0.3, 0.4) is 0 Å². The zero-order chi connectivity index (χ0) is 12.3. The van der Waals surface area contributed by atoms with Crippen LogP contribution in [0.1, 0.15) is 10.4 Å². The highest BCUT2D eigenvalue weighted by atomic mass is 19.4. The second kappa shape index (κ2) is 4.38. The molecule has 0 spiro atoms. The molecule has 1 amide bonds.